The van der Waals surface area contributed by atoms with Crippen LogP contribution in [-0.2, 0) is 0 Å². The Morgan fingerprint density at radius 1 is 1.69 bits per heavy atom. The third-order valence-electron chi connectivity index (χ3n) is 2.53. The summed E-state index contributed by atoms with van der Waals surface area (Å²) >= 11 is 0. The number of nitrogens with one attached hydrogen (secondary N) is 1. The molecular formula is C10H13N3O3. The van der Waals surface area contributed by atoms with Crippen LogP contribution in [-0.4, -0.2) is 29.1 Å². The molecule has 1 N–H and O–H groups in total. The number of aromatic nitrogens is 1. The van der Waals surface area contributed by atoms with Crippen molar-refractivity contribution in [1.82, 2.24) is 10.3 Å². The number of nitro groups is 1. The summed E-state index contributed by atoms with van der Waals surface area (Å²) < 4.78 is 5.37. The van der Waals surface area contributed by atoms with Crippen LogP contribution in [0.25, 0.3) is 0 Å². The first-order valence-electron chi connectivity index (χ1n) is 5.23. The summed E-state index contributed by atoms with van der Waals surface area (Å²) in [6.07, 6.45) is 3.66. The Morgan fingerprint density at radius 2 is 2.56 bits per heavy atom. The molecule has 0 aliphatic carbocycles. The van der Waals surface area contributed by atoms with E-state index in [2.05, 4.69) is 10.3 Å². The second-order valence-electron chi connectivity index (χ2n) is 3.69. The Kier molecular flexibility index (Phi) is 3.31. The van der Waals surface area contributed by atoms with E-state index in [0.29, 0.717) is 6.61 Å². The molecule has 2 heterocycles. The highest BCUT2D eigenvalue weighted by Crippen LogP contribution is 2.23. The number of pyridine rings is 1. The molecule has 1 aliphatic heterocycles. The Bertz CT molecular complexity index is 377. The number of rotatable bonds is 4. The monoisotopic (exact) mass is 223 g/mol. The highest BCUT2D eigenvalue weighted by Gasteiger charge is 2.19. The first-order valence-corrected chi connectivity index (χ1v) is 5.23. The van der Waals surface area contributed by atoms with Crippen molar-refractivity contribution < 1.29 is 9.66 Å². The minimum absolute atomic E-state index is 0.0829. The van der Waals surface area contributed by atoms with Gasteiger partial charge in [-0.15, -0.1) is 0 Å². The van der Waals surface area contributed by atoms with Crippen LogP contribution < -0.4 is 10.1 Å². The lowest BCUT2D eigenvalue weighted by atomic mass is 10.2. The molecule has 2 rings (SSSR count). The van der Waals surface area contributed by atoms with Crippen molar-refractivity contribution in [1.29, 1.82) is 0 Å². The van der Waals surface area contributed by atoms with Crippen molar-refractivity contribution in [2.45, 2.75) is 18.9 Å². The first kappa shape index (κ1) is 10.8. The second kappa shape index (κ2) is 4.89. The lowest BCUT2D eigenvalue weighted by molar-refractivity contribution is -0.386. The summed E-state index contributed by atoms with van der Waals surface area (Å²) in [5.74, 6) is 0.0983. The summed E-state index contributed by atoms with van der Waals surface area (Å²) in [6.45, 7) is 1.41. The van der Waals surface area contributed by atoms with Gasteiger partial charge < -0.3 is 10.1 Å². The highest BCUT2D eigenvalue weighted by molar-refractivity contribution is 5.39. The molecular weight excluding hydrogens is 210 g/mol. The highest BCUT2D eigenvalue weighted by atomic mass is 16.6. The van der Waals surface area contributed by atoms with Gasteiger partial charge in [0.2, 0.25) is 0 Å². The molecule has 1 aromatic rings. The van der Waals surface area contributed by atoms with Gasteiger partial charge in [-0.2, -0.15) is 0 Å². The van der Waals surface area contributed by atoms with Gasteiger partial charge in [0.05, 0.1) is 4.92 Å². The molecule has 1 saturated heterocycles. The van der Waals surface area contributed by atoms with E-state index in [0.717, 1.165) is 19.4 Å². The second-order valence-corrected chi connectivity index (χ2v) is 3.69. The maximum absolute atomic E-state index is 10.7. The van der Waals surface area contributed by atoms with Crippen LogP contribution in [0.1, 0.15) is 12.8 Å². The standard InChI is InChI=1S/C10H13N3O3/c14-13(15)9-4-2-6-12-10(9)16-7-8-3-1-5-11-8/h2,4,6,8,11H,1,3,5,7H2/t8-/m0/s1. The molecule has 0 unspecified atom stereocenters. The van der Waals surface area contributed by atoms with E-state index in [1.54, 1.807) is 0 Å². The zero-order chi connectivity index (χ0) is 11.4. The zero-order valence-corrected chi connectivity index (χ0v) is 8.76. The topological polar surface area (TPSA) is 77.3 Å². The number of hydrogen-bond donors (Lipinski definition) is 1. The van der Waals surface area contributed by atoms with Gasteiger partial charge in [-0.3, -0.25) is 10.1 Å². The van der Waals surface area contributed by atoms with E-state index in [4.69, 9.17) is 4.74 Å². The molecule has 1 atom stereocenters. The van der Waals surface area contributed by atoms with Gasteiger partial charge in [-0.25, -0.2) is 4.98 Å². The van der Waals surface area contributed by atoms with E-state index >= 15 is 0 Å². The van der Waals surface area contributed by atoms with Crippen LogP contribution in [0.2, 0.25) is 0 Å². The first-order chi connectivity index (χ1) is 7.77. The molecule has 1 fully saturated rings. The third kappa shape index (κ3) is 2.46. The summed E-state index contributed by atoms with van der Waals surface area (Å²) in [6, 6.07) is 3.20. The predicted molar refractivity (Wildman–Crippen MR) is 57.4 cm³/mol. The summed E-state index contributed by atoms with van der Waals surface area (Å²) in [5, 5.41) is 13.9. The Balaban J connectivity index is 2.00. The molecule has 6 heteroatoms. The molecule has 0 saturated carbocycles. The molecule has 0 spiro atoms. The van der Waals surface area contributed by atoms with Crippen LogP contribution in [0.15, 0.2) is 18.3 Å². The normalized spacial score (nSPS) is 19.6. The fourth-order valence-corrected chi connectivity index (χ4v) is 1.71. The maximum atomic E-state index is 10.7. The minimum atomic E-state index is -0.482. The van der Waals surface area contributed by atoms with E-state index in [9.17, 15) is 10.1 Å². The molecule has 0 radical (unpaired) electrons. The molecule has 16 heavy (non-hydrogen) atoms. The molecule has 86 valence electrons. The van der Waals surface area contributed by atoms with Crippen molar-refractivity contribution in [2.24, 2.45) is 0 Å². The summed E-state index contributed by atoms with van der Waals surface area (Å²) in [5.41, 5.74) is -0.0829. The summed E-state index contributed by atoms with van der Waals surface area (Å²) in [4.78, 5) is 14.1. The fourth-order valence-electron chi connectivity index (χ4n) is 1.71. The van der Waals surface area contributed by atoms with Crippen LogP contribution in [0.4, 0.5) is 5.69 Å². The van der Waals surface area contributed by atoms with Crippen molar-refractivity contribution in [3.05, 3.63) is 28.4 Å². The molecule has 0 bridgehead atoms. The van der Waals surface area contributed by atoms with Gasteiger partial charge in [0.15, 0.2) is 0 Å². The number of hydrogen-bond acceptors (Lipinski definition) is 5. The Labute approximate surface area is 92.8 Å². The lowest BCUT2D eigenvalue weighted by Crippen LogP contribution is -2.28. The maximum Gasteiger partial charge on any atom is 0.330 e. The van der Waals surface area contributed by atoms with E-state index in [-0.39, 0.29) is 17.6 Å². The van der Waals surface area contributed by atoms with Crippen molar-refractivity contribution in [3.63, 3.8) is 0 Å². The minimum Gasteiger partial charge on any atom is -0.471 e. The zero-order valence-electron chi connectivity index (χ0n) is 8.76. The van der Waals surface area contributed by atoms with E-state index < -0.39 is 4.92 Å². The average molecular weight is 223 g/mol. The van der Waals surface area contributed by atoms with Gasteiger partial charge in [0.1, 0.15) is 6.61 Å². The van der Waals surface area contributed by atoms with Gasteiger partial charge in [-0.1, -0.05) is 0 Å². The third-order valence-corrected chi connectivity index (χ3v) is 2.53. The van der Waals surface area contributed by atoms with Crippen LogP contribution >= 0.6 is 0 Å². The predicted octanol–water partition coefficient (Wildman–Crippen LogP) is 1.12. The Morgan fingerprint density at radius 3 is 3.25 bits per heavy atom. The van der Waals surface area contributed by atoms with Crippen molar-refractivity contribution in [3.8, 4) is 5.88 Å². The molecule has 1 aliphatic rings. The molecule has 6 nitrogen and oxygen atoms in total. The molecule has 0 amide bonds. The SMILES string of the molecule is O=[N+]([O-])c1cccnc1OC[C@@H]1CCCN1. The average Bonchev–Trinajstić information content (AvgIpc) is 2.79. The summed E-state index contributed by atoms with van der Waals surface area (Å²) in [7, 11) is 0. The van der Waals surface area contributed by atoms with Gasteiger partial charge in [0.25, 0.3) is 5.88 Å². The van der Waals surface area contributed by atoms with E-state index in [1.165, 1.54) is 18.3 Å². The number of nitrogens with zero attached hydrogens (tertiary/aromatic N) is 2. The van der Waals surface area contributed by atoms with Crippen LogP contribution in [0.3, 0.4) is 0 Å². The van der Waals surface area contributed by atoms with Gasteiger partial charge in [-0.05, 0) is 25.5 Å². The quantitative estimate of drug-likeness (QED) is 0.611. The van der Waals surface area contributed by atoms with Gasteiger partial charge >= 0.3 is 5.69 Å². The van der Waals surface area contributed by atoms with E-state index in [1.807, 2.05) is 0 Å². The van der Waals surface area contributed by atoms with Crippen LogP contribution in [0.5, 0.6) is 5.88 Å². The van der Waals surface area contributed by atoms with Crippen molar-refractivity contribution >= 4 is 5.69 Å². The lowest BCUT2D eigenvalue weighted by Gasteiger charge is -2.10. The Hall–Kier alpha value is -1.69. The smallest absolute Gasteiger partial charge is 0.330 e. The fraction of sp³-hybridized carbons (Fsp3) is 0.500. The van der Waals surface area contributed by atoms with Crippen LogP contribution in [0, 0.1) is 10.1 Å². The van der Waals surface area contributed by atoms with Gasteiger partial charge in [0, 0.05) is 18.3 Å². The van der Waals surface area contributed by atoms with Crippen molar-refractivity contribution in [2.75, 3.05) is 13.2 Å². The largest absolute Gasteiger partial charge is 0.471 e. The molecule has 0 aromatic carbocycles. The number of ether oxygens (including phenoxy) is 1. The molecule has 1 aromatic heterocycles.